The summed E-state index contributed by atoms with van der Waals surface area (Å²) in [7, 11) is -3.54. The Labute approximate surface area is 131 Å². The minimum atomic E-state index is -3.54. The number of aliphatic hydroxyl groups is 1. The van der Waals surface area contributed by atoms with Crippen LogP contribution in [0.2, 0.25) is 0 Å². The number of aryl methyl sites for hydroxylation is 2. The summed E-state index contributed by atoms with van der Waals surface area (Å²) in [6.07, 6.45) is 4.59. The van der Waals surface area contributed by atoms with Crippen LogP contribution in [-0.2, 0) is 27.5 Å². The molecule has 2 rings (SSSR count). The van der Waals surface area contributed by atoms with Crippen molar-refractivity contribution in [3.63, 3.8) is 0 Å². The van der Waals surface area contributed by atoms with Gasteiger partial charge in [0.05, 0.1) is 18.4 Å². The van der Waals surface area contributed by atoms with Gasteiger partial charge in [-0.25, -0.2) is 8.42 Å². The van der Waals surface area contributed by atoms with E-state index >= 15 is 0 Å². The molecule has 6 heteroatoms. The van der Waals surface area contributed by atoms with E-state index in [0.29, 0.717) is 0 Å². The normalized spacial score (nSPS) is 15.9. The third kappa shape index (κ3) is 4.55. The molecule has 22 heavy (non-hydrogen) atoms. The molecule has 0 aliphatic heterocycles. The SMILES string of the molecule is C[C@H](NC(=O)CS(=O)(=O)CCO)c1ccc2c(c1)CCCC2. The van der Waals surface area contributed by atoms with Gasteiger partial charge >= 0.3 is 0 Å². The van der Waals surface area contributed by atoms with E-state index in [9.17, 15) is 13.2 Å². The fourth-order valence-electron chi connectivity index (χ4n) is 2.80. The smallest absolute Gasteiger partial charge is 0.235 e. The van der Waals surface area contributed by atoms with Crippen molar-refractivity contribution in [2.45, 2.75) is 38.6 Å². The Morgan fingerprint density at radius 2 is 1.95 bits per heavy atom. The van der Waals surface area contributed by atoms with Gasteiger partial charge in [-0.05, 0) is 49.3 Å². The van der Waals surface area contributed by atoms with Gasteiger partial charge in [-0.2, -0.15) is 0 Å². The Hall–Kier alpha value is -1.40. The van der Waals surface area contributed by atoms with Crippen molar-refractivity contribution >= 4 is 15.7 Å². The van der Waals surface area contributed by atoms with Gasteiger partial charge in [0, 0.05) is 0 Å². The average molecular weight is 325 g/mol. The summed E-state index contributed by atoms with van der Waals surface area (Å²) >= 11 is 0. The van der Waals surface area contributed by atoms with Crippen LogP contribution in [0.1, 0.15) is 42.5 Å². The van der Waals surface area contributed by atoms with E-state index in [0.717, 1.165) is 18.4 Å². The third-order valence-electron chi connectivity index (χ3n) is 4.00. The maximum atomic E-state index is 11.8. The van der Waals surface area contributed by atoms with Crippen LogP contribution in [0.25, 0.3) is 0 Å². The lowest BCUT2D eigenvalue weighted by Crippen LogP contribution is -2.33. The second-order valence-corrected chi connectivity index (χ2v) is 8.02. The van der Waals surface area contributed by atoms with Crippen molar-refractivity contribution < 1.29 is 18.3 Å². The zero-order valence-corrected chi connectivity index (χ0v) is 13.7. The van der Waals surface area contributed by atoms with Gasteiger partial charge in [0.15, 0.2) is 9.84 Å². The van der Waals surface area contributed by atoms with Crippen LogP contribution in [0.15, 0.2) is 18.2 Å². The maximum absolute atomic E-state index is 11.8. The topological polar surface area (TPSA) is 83.5 Å². The molecule has 1 atom stereocenters. The van der Waals surface area contributed by atoms with Crippen LogP contribution in [0.5, 0.6) is 0 Å². The summed E-state index contributed by atoms with van der Waals surface area (Å²) in [4.78, 5) is 11.8. The van der Waals surface area contributed by atoms with Gasteiger partial charge in [0.2, 0.25) is 5.91 Å². The molecule has 122 valence electrons. The standard InChI is InChI=1S/C16H23NO4S/c1-12(17-16(19)11-22(20,21)9-8-18)14-7-6-13-4-2-3-5-15(13)10-14/h6-7,10,12,18H,2-5,8-9,11H2,1H3,(H,17,19)/t12-/m0/s1. The number of amides is 1. The second kappa shape index (κ2) is 7.24. The lowest BCUT2D eigenvalue weighted by molar-refractivity contribution is -0.119. The average Bonchev–Trinajstić information content (AvgIpc) is 2.45. The summed E-state index contributed by atoms with van der Waals surface area (Å²) in [6, 6.07) is 5.98. The first-order valence-corrected chi connectivity index (χ1v) is 9.46. The molecule has 2 N–H and O–H groups in total. The van der Waals surface area contributed by atoms with Crippen molar-refractivity contribution in [2.24, 2.45) is 0 Å². The van der Waals surface area contributed by atoms with Gasteiger partial charge in [-0.15, -0.1) is 0 Å². The summed E-state index contributed by atoms with van der Waals surface area (Å²) in [5.41, 5.74) is 3.70. The zero-order chi connectivity index (χ0) is 16.2. The molecule has 1 aliphatic rings. The molecule has 1 aromatic rings. The first-order chi connectivity index (χ1) is 10.4. The number of carbonyl (C=O) groups excluding carboxylic acids is 1. The molecule has 0 saturated heterocycles. The van der Waals surface area contributed by atoms with Crippen LogP contribution >= 0.6 is 0 Å². The molecule has 0 aromatic heterocycles. The number of fused-ring (bicyclic) bond motifs is 1. The van der Waals surface area contributed by atoms with Crippen LogP contribution in [0.4, 0.5) is 0 Å². The van der Waals surface area contributed by atoms with E-state index in [1.807, 2.05) is 13.0 Å². The highest BCUT2D eigenvalue weighted by atomic mass is 32.2. The van der Waals surface area contributed by atoms with Crippen molar-refractivity contribution in [2.75, 3.05) is 18.1 Å². The van der Waals surface area contributed by atoms with Gasteiger partial charge in [-0.3, -0.25) is 4.79 Å². The van der Waals surface area contributed by atoms with E-state index in [2.05, 4.69) is 17.4 Å². The first-order valence-electron chi connectivity index (χ1n) is 7.63. The van der Waals surface area contributed by atoms with Gasteiger partial charge in [0.25, 0.3) is 0 Å². The van der Waals surface area contributed by atoms with Gasteiger partial charge < -0.3 is 10.4 Å². The number of benzene rings is 1. The molecule has 5 nitrogen and oxygen atoms in total. The van der Waals surface area contributed by atoms with Crippen molar-refractivity contribution in [3.05, 3.63) is 34.9 Å². The molecule has 0 spiro atoms. The number of rotatable bonds is 6. The fraction of sp³-hybridized carbons (Fsp3) is 0.562. The van der Waals surface area contributed by atoms with Crippen LogP contribution in [0, 0.1) is 0 Å². The highest BCUT2D eigenvalue weighted by Crippen LogP contribution is 2.24. The molecule has 1 aromatic carbocycles. The molecule has 1 amide bonds. The summed E-state index contributed by atoms with van der Waals surface area (Å²) in [6.45, 7) is 1.39. The maximum Gasteiger partial charge on any atom is 0.235 e. The monoisotopic (exact) mass is 325 g/mol. The van der Waals surface area contributed by atoms with Gasteiger partial charge in [-0.1, -0.05) is 18.2 Å². The lowest BCUT2D eigenvalue weighted by Gasteiger charge is -2.20. The van der Waals surface area contributed by atoms with Crippen molar-refractivity contribution in [1.82, 2.24) is 5.32 Å². The predicted molar refractivity (Wildman–Crippen MR) is 85.4 cm³/mol. The third-order valence-corrected chi connectivity index (χ3v) is 5.51. The number of sulfone groups is 1. The molecule has 0 heterocycles. The van der Waals surface area contributed by atoms with Gasteiger partial charge in [0.1, 0.15) is 5.75 Å². The van der Waals surface area contributed by atoms with E-state index in [1.165, 1.54) is 24.0 Å². The Bertz CT molecular complexity index is 640. The van der Waals surface area contributed by atoms with Crippen LogP contribution < -0.4 is 5.32 Å². The van der Waals surface area contributed by atoms with Crippen molar-refractivity contribution in [3.8, 4) is 0 Å². The number of nitrogens with one attached hydrogen (secondary N) is 1. The molecule has 0 fully saturated rings. The van der Waals surface area contributed by atoms with Crippen LogP contribution in [-0.4, -0.2) is 37.5 Å². The number of aliphatic hydroxyl groups excluding tert-OH is 1. The number of hydrogen-bond acceptors (Lipinski definition) is 4. The number of hydrogen-bond donors (Lipinski definition) is 2. The molecule has 0 bridgehead atoms. The Balaban J connectivity index is 2.00. The van der Waals surface area contributed by atoms with E-state index in [-0.39, 0.29) is 11.8 Å². The number of carbonyl (C=O) groups is 1. The molecule has 0 radical (unpaired) electrons. The zero-order valence-electron chi connectivity index (χ0n) is 12.8. The molecular weight excluding hydrogens is 302 g/mol. The quantitative estimate of drug-likeness (QED) is 0.822. The van der Waals surface area contributed by atoms with E-state index < -0.39 is 28.1 Å². The summed E-state index contributed by atoms with van der Waals surface area (Å²) in [5.74, 6) is -1.49. The molecule has 0 saturated carbocycles. The summed E-state index contributed by atoms with van der Waals surface area (Å²) in [5, 5.41) is 11.4. The molecule has 0 unspecified atom stereocenters. The highest BCUT2D eigenvalue weighted by Gasteiger charge is 2.19. The van der Waals surface area contributed by atoms with Crippen molar-refractivity contribution in [1.29, 1.82) is 0 Å². The molecule has 1 aliphatic carbocycles. The summed E-state index contributed by atoms with van der Waals surface area (Å²) < 4.78 is 23.1. The minimum absolute atomic E-state index is 0.232. The fourth-order valence-corrected chi connectivity index (χ4v) is 3.71. The highest BCUT2D eigenvalue weighted by molar-refractivity contribution is 7.92. The second-order valence-electron chi connectivity index (χ2n) is 5.84. The van der Waals surface area contributed by atoms with E-state index in [4.69, 9.17) is 5.11 Å². The largest absolute Gasteiger partial charge is 0.395 e. The minimum Gasteiger partial charge on any atom is -0.395 e. The predicted octanol–water partition coefficient (Wildman–Crippen LogP) is 1.15. The Kier molecular flexibility index (Phi) is 5.58. The lowest BCUT2D eigenvalue weighted by atomic mass is 9.89. The molecular formula is C16H23NO4S. The van der Waals surface area contributed by atoms with Crippen LogP contribution in [0.3, 0.4) is 0 Å². The van der Waals surface area contributed by atoms with E-state index in [1.54, 1.807) is 0 Å². The Morgan fingerprint density at radius 3 is 2.64 bits per heavy atom. The first kappa shape index (κ1) is 17.0. The Morgan fingerprint density at radius 1 is 1.27 bits per heavy atom.